The molecular formula is C23H25FN2O3S. The van der Waals surface area contributed by atoms with E-state index >= 15 is 0 Å². The molecule has 2 heterocycles. The molecule has 1 aliphatic rings. The Morgan fingerprint density at radius 3 is 2.73 bits per heavy atom. The highest BCUT2D eigenvalue weighted by Gasteiger charge is 2.38. The van der Waals surface area contributed by atoms with Crippen LogP contribution in [0.4, 0.5) is 4.39 Å². The summed E-state index contributed by atoms with van der Waals surface area (Å²) < 4.78 is 41.0. The van der Waals surface area contributed by atoms with E-state index < -0.39 is 10.8 Å². The second kappa shape index (κ2) is 9.20. The molecule has 1 fully saturated rings. The quantitative estimate of drug-likeness (QED) is 0.593. The maximum Gasteiger partial charge on any atom is 0.147 e. The fourth-order valence-corrected chi connectivity index (χ4v) is 4.93. The second-order valence-electron chi connectivity index (χ2n) is 7.43. The van der Waals surface area contributed by atoms with E-state index in [1.807, 2.05) is 43.3 Å². The van der Waals surface area contributed by atoms with E-state index in [1.54, 1.807) is 29.3 Å². The number of nitrogens with zero attached hydrogens (tertiary/aromatic N) is 2. The van der Waals surface area contributed by atoms with Gasteiger partial charge in [0.05, 0.1) is 17.5 Å². The van der Waals surface area contributed by atoms with Gasteiger partial charge in [-0.1, -0.05) is 36.4 Å². The van der Waals surface area contributed by atoms with Crippen LogP contribution in [-0.4, -0.2) is 38.0 Å². The highest BCUT2D eigenvalue weighted by atomic mass is 32.2. The molecule has 3 aromatic rings. The summed E-state index contributed by atoms with van der Waals surface area (Å²) in [4.78, 5) is 4.14. The van der Waals surface area contributed by atoms with Crippen molar-refractivity contribution >= 4 is 10.8 Å². The summed E-state index contributed by atoms with van der Waals surface area (Å²) >= 11 is 0. The number of imidazole rings is 1. The van der Waals surface area contributed by atoms with Crippen LogP contribution >= 0.6 is 0 Å². The summed E-state index contributed by atoms with van der Waals surface area (Å²) in [6.45, 7) is 2.58. The Morgan fingerprint density at radius 1 is 1.27 bits per heavy atom. The third-order valence-electron chi connectivity index (χ3n) is 5.46. The van der Waals surface area contributed by atoms with Crippen molar-refractivity contribution in [3.63, 3.8) is 0 Å². The smallest absolute Gasteiger partial charge is 0.147 e. The van der Waals surface area contributed by atoms with Gasteiger partial charge in [-0.2, -0.15) is 0 Å². The summed E-state index contributed by atoms with van der Waals surface area (Å²) in [6.07, 6.45) is 5.08. The lowest BCUT2D eigenvalue weighted by molar-refractivity contribution is -0.110. The number of benzene rings is 2. The van der Waals surface area contributed by atoms with E-state index in [9.17, 15) is 8.60 Å². The maximum atomic E-state index is 14.7. The van der Waals surface area contributed by atoms with Crippen LogP contribution in [0.3, 0.4) is 0 Å². The second-order valence-corrected chi connectivity index (χ2v) is 9.04. The molecule has 2 aromatic carbocycles. The van der Waals surface area contributed by atoms with Crippen molar-refractivity contribution in [2.45, 2.75) is 37.4 Å². The zero-order valence-electron chi connectivity index (χ0n) is 17.0. The van der Waals surface area contributed by atoms with Gasteiger partial charge in [-0.05, 0) is 36.6 Å². The topological polar surface area (TPSA) is 53.4 Å². The van der Waals surface area contributed by atoms with E-state index in [0.717, 1.165) is 11.4 Å². The predicted molar refractivity (Wildman–Crippen MR) is 114 cm³/mol. The molecule has 0 saturated carbocycles. The summed E-state index contributed by atoms with van der Waals surface area (Å²) in [5, 5.41) is -0.137. The van der Waals surface area contributed by atoms with Crippen molar-refractivity contribution < 1.29 is 18.1 Å². The lowest BCUT2D eigenvalue weighted by Crippen LogP contribution is -2.43. The van der Waals surface area contributed by atoms with Crippen molar-refractivity contribution in [3.05, 3.63) is 83.7 Å². The van der Waals surface area contributed by atoms with Crippen molar-refractivity contribution in [1.29, 1.82) is 0 Å². The molecule has 158 valence electrons. The van der Waals surface area contributed by atoms with Crippen molar-refractivity contribution in [3.8, 4) is 5.69 Å². The van der Waals surface area contributed by atoms with E-state index in [4.69, 9.17) is 9.47 Å². The van der Waals surface area contributed by atoms with Crippen molar-refractivity contribution in [2.75, 3.05) is 12.9 Å². The number of hydrogen-bond acceptors (Lipinski definition) is 4. The zero-order valence-corrected chi connectivity index (χ0v) is 17.8. The third-order valence-corrected chi connectivity index (χ3v) is 6.82. The van der Waals surface area contributed by atoms with Crippen LogP contribution in [-0.2, 0) is 26.9 Å². The zero-order chi connectivity index (χ0) is 21.1. The standard InChI is InChI=1S/C23H25FN2O3S/c1-16-25-11-12-26(16)20-9-8-17(14-19(20)24)15-29-23-21(30(2)27)10-13-28-22(23)18-6-4-3-5-7-18/h3-9,11-12,14,21-23H,10,13,15H2,1-2H3. The molecule has 0 aliphatic carbocycles. The molecule has 5 nitrogen and oxygen atoms in total. The van der Waals surface area contributed by atoms with Crippen LogP contribution in [0.1, 0.15) is 29.5 Å². The Kier molecular flexibility index (Phi) is 6.41. The molecule has 0 amide bonds. The van der Waals surface area contributed by atoms with Gasteiger partial charge in [-0.25, -0.2) is 9.37 Å². The Labute approximate surface area is 178 Å². The van der Waals surface area contributed by atoms with Crippen LogP contribution in [0.5, 0.6) is 0 Å². The summed E-state index contributed by atoms with van der Waals surface area (Å²) in [5.41, 5.74) is 2.16. The van der Waals surface area contributed by atoms with Gasteiger partial charge in [0.1, 0.15) is 23.8 Å². The summed E-state index contributed by atoms with van der Waals surface area (Å²) in [7, 11) is -1.05. The molecule has 0 bridgehead atoms. The predicted octanol–water partition coefficient (Wildman–Crippen LogP) is 4.11. The SMILES string of the molecule is Cc1nccn1-c1ccc(COC2C(c3ccccc3)OCCC2S(C)=O)cc1F. The van der Waals surface area contributed by atoms with Gasteiger partial charge < -0.3 is 14.0 Å². The maximum absolute atomic E-state index is 14.7. The third kappa shape index (κ3) is 4.38. The number of aryl methyl sites for hydroxylation is 1. The number of halogens is 1. The highest BCUT2D eigenvalue weighted by Crippen LogP contribution is 2.33. The first-order valence-electron chi connectivity index (χ1n) is 9.93. The molecule has 4 rings (SSSR count). The first-order valence-corrected chi connectivity index (χ1v) is 11.6. The highest BCUT2D eigenvalue weighted by molar-refractivity contribution is 7.85. The van der Waals surface area contributed by atoms with Gasteiger partial charge >= 0.3 is 0 Å². The normalized spacial score (nSPS) is 22.7. The largest absolute Gasteiger partial charge is 0.371 e. The Morgan fingerprint density at radius 2 is 2.07 bits per heavy atom. The molecule has 1 saturated heterocycles. The van der Waals surface area contributed by atoms with Crippen LogP contribution in [0.2, 0.25) is 0 Å². The molecule has 4 unspecified atom stereocenters. The monoisotopic (exact) mass is 428 g/mol. The lowest BCUT2D eigenvalue weighted by atomic mass is 9.97. The van der Waals surface area contributed by atoms with Crippen LogP contribution in [0, 0.1) is 12.7 Å². The molecule has 1 aliphatic heterocycles. The molecule has 0 N–H and O–H groups in total. The number of aromatic nitrogens is 2. The number of hydrogen-bond donors (Lipinski definition) is 0. The Hall–Kier alpha value is -2.35. The minimum atomic E-state index is -1.05. The molecule has 1 aromatic heterocycles. The Balaban J connectivity index is 1.54. The van der Waals surface area contributed by atoms with E-state index in [-0.39, 0.29) is 29.9 Å². The minimum absolute atomic E-state index is 0.137. The molecule has 7 heteroatoms. The van der Waals surface area contributed by atoms with Gasteiger partial charge in [0.2, 0.25) is 0 Å². The minimum Gasteiger partial charge on any atom is -0.371 e. The average Bonchev–Trinajstić information content (AvgIpc) is 3.18. The summed E-state index contributed by atoms with van der Waals surface area (Å²) in [6, 6.07) is 14.9. The van der Waals surface area contributed by atoms with Crippen LogP contribution < -0.4 is 0 Å². The summed E-state index contributed by atoms with van der Waals surface area (Å²) in [5.74, 6) is 0.378. The van der Waals surface area contributed by atoms with Gasteiger partial charge in [0.15, 0.2) is 0 Å². The first kappa shape index (κ1) is 20.9. The van der Waals surface area contributed by atoms with Gasteiger partial charge in [-0.15, -0.1) is 0 Å². The molecule has 0 radical (unpaired) electrons. The lowest BCUT2D eigenvalue weighted by Gasteiger charge is -2.37. The van der Waals surface area contributed by atoms with Gasteiger partial charge in [0, 0.05) is 36.1 Å². The van der Waals surface area contributed by atoms with Gasteiger partial charge in [0.25, 0.3) is 0 Å². The molecule has 4 atom stereocenters. The Bertz CT molecular complexity index is 1020. The number of rotatable bonds is 6. The molecule has 30 heavy (non-hydrogen) atoms. The fraction of sp³-hybridized carbons (Fsp3) is 0.348. The average molecular weight is 429 g/mol. The van der Waals surface area contributed by atoms with Crippen molar-refractivity contribution in [1.82, 2.24) is 9.55 Å². The molecule has 0 spiro atoms. The van der Waals surface area contributed by atoms with Crippen LogP contribution in [0.25, 0.3) is 5.69 Å². The van der Waals surface area contributed by atoms with Crippen LogP contribution in [0.15, 0.2) is 60.9 Å². The molecular weight excluding hydrogens is 403 g/mol. The van der Waals surface area contributed by atoms with Gasteiger partial charge in [-0.3, -0.25) is 4.21 Å². The fourth-order valence-electron chi connectivity index (χ4n) is 3.90. The van der Waals surface area contributed by atoms with E-state index in [2.05, 4.69) is 4.98 Å². The number of ether oxygens (including phenoxy) is 2. The van der Waals surface area contributed by atoms with Crippen molar-refractivity contribution in [2.24, 2.45) is 0 Å². The van der Waals surface area contributed by atoms with E-state index in [1.165, 1.54) is 6.07 Å². The first-order chi connectivity index (χ1) is 14.5. The van der Waals surface area contributed by atoms with E-state index in [0.29, 0.717) is 24.3 Å².